The maximum absolute atomic E-state index is 12.7. The Balaban J connectivity index is 2.34. The molecule has 1 nitrogen and oxygen atoms in total. The van der Waals surface area contributed by atoms with Gasteiger partial charge in [0, 0.05) is 11.1 Å². The molecular formula is C17H15F3O. The van der Waals surface area contributed by atoms with Gasteiger partial charge in [0.15, 0.2) is 5.78 Å². The Morgan fingerprint density at radius 1 is 1.00 bits per heavy atom. The van der Waals surface area contributed by atoms with Gasteiger partial charge in [-0.05, 0) is 30.2 Å². The van der Waals surface area contributed by atoms with Crippen LogP contribution in [0.2, 0.25) is 0 Å². The first-order valence-electron chi connectivity index (χ1n) is 6.72. The zero-order valence-electron chi connectivity index (χ0n) is 11.6. The lowest BCUT2D eigenvalue weighted by atomic mass is 9.98. The monoisotopic (exact) mass is 292 g/mol. The quantitative estimate of drug-likeness (QED) is 0.733. The van der Waals surface area contributed by atoms with Crippen molar-refractivity contribution in [2.24, 2.45) is 0 Å². The van der Waals surface area contributed by atoms with Crippen LogP contribution in [0.15, 0.2) is 48.5 Å². The van der Waals surface area contributed by atoms with Gasteiger partial charge in [-0.1, -0.05) is 43.7 Å². The van der Waals surface area contributed by atoms with E-state index >= 15 is 0 Å². The van der Waals surface area contributed by atoms with Crippen LogP contribution in [0.5, 0.6) is 0 Å². The van der Waals surface area contributed by atoms with Crippen molar-refractivity contribution in [1.82, 2.24) is 0 Å². The minimum Gasteiger partial charge on any atom is -0.289 e. The van der Waals surface area contributed by atoms with E-state index in [4.69, 9.17) is 0 Å². The second-order valence-electron chi connectivity index (χ2n) is 4.86. The van der Waals surface area contributed by atoms with E-state index in [1.165, 1.54) is 12.1 Å². The summed E-state index contributed by atoms with van der Waals surface area (Å²) in [4.78, 5) is 12.3. The maximum atomic E-state index is 12.7. The average molecular weight is 292 g/mol. The van der Waals surface area contributed by atoms with Crippen LogP contribution in [0.1, 0.15) is 40.4 Å². The minimum absolute atomic E-state index is 0.0541. The number of aryl methyl sites for hydroxylation is 1. The van der Waals surface area contributed by atoms with E-state index in [1.54, 1.807) is 18.2 Å². The van der Waals surface area contributed by atoms with Crippen LogP contribution in [-0.4, -0.2) is 5.78 Å². The van der Waals surface area contributed by atoms with Gasteiger partial charge in [-0.2, -0.15) is 13.2 Å². The van der Waals surface area contributed by atoms with Crippen molar-refractivity contribution < 1.29 is 18.0 Å². The lowest BCUT2D eigenvalue weighted by Gasteiger charge is -2.09. The summed E-state index contributed by atoms with van der Waals surface area (Å²) in [5, 5.41) is 0. The Morgan fingerprint density at radius 3 is 2.24 bits per heavy atom. The summed E-state index contributed by atoms with van der Waals surface area (Å²) in [6.45, 7) is 2.03. The van der Waals surface area contributed by atoms with Crippen LogP contribution in [0.3, 0.4) is 0 Å². The van der Waals surface area contributed by atoms with Gasteiger partial charge >= 0.3 is 6.18 Å². The molecular weight excluding hydrogens is 277 g/mol. The molecule has 0 aliphatic rings. The molecule has 0 aromatic heterocycles. The van der Waals surface area contributed by atoms with Crippen molar-refractivity contribution in [3.8, 4) is 0 Å². The predicted octanol–water partition coefficient (Wildman–Crippen LogP) is 4.89. The van der Waals surface area contributed by atoms with Crippen molar-refractivity contribution >= 4 is 5.78 Å². The molecule has 2 aromatic rings. The SMILES string of the molecule is CCCc1cccc(C(=O)c2cccc(C(F)(F)F)c2)c1. The van der Waals surface area contributed by atoms with Crippen LogP contribution < -0.4 is 0 Å². The number of alkyl halides is 3. The standard InChI is InChI=1S/C17H15F3O/c1-2-5-12-6-3-7-13(10-12)16(21)14-8-4-9-15(11-14)17(18,19)20/h3-4,6-11H,2,5H2,1H3. The molecule has 0 fully saturated rings. The van der Waals surface area contributed by atoms with E-state index in [2.05, 4.69) is 0 Å². The molecule has 2 aromatic carbocycles. The van der Waals surface area contributed by atoms with Gasteiger partial charge in [0.2, 0.25) is 0 Å². The van der Waals surface area contributed by atoms with E-state index in [-0.39, 0.29) is 11.3 Å². The molecule has 2 rings (SSSR count). The van der Waals surface area contributed by atoms with Crippen LogP contribution in [0, 0.1) is 0 Å². The maximum Gasteiger partial charge on any atom is 0.416 e. The first kappa shape index (κ1) is 15.3. The Bertz CT molecular complexity index is 644. The summed E-state index contributed by atoms with van der Waals surface area (Å²) in [7, 11) is 0. The lowest BCUT2D eigenvalue weighted by molar-refractivity contribution is -0.137. The molecule has 0 bridgehead atoms. The topological polar surface area (TPSA) is 17.1 Å². The molecule has 0 saturated carbocycles. The molecule has 0 atom stereocenters. The molecule has 0 spiro atoms. The molecule has 4 heteroatoms. The minimum atomic E-state index is -4.44. The highest BCUT2D eigenvalue weighted by Crippen LogP contribution is 2.30. The zero-order chi connectivity index (χ0) is 15.5. The number of carbonyl (C=O) groups is 1. The van der Waals surface area contributed by atoms with E-state index in [0.717, 1.165) is 30.5 Å². The second-order valence-corrected chi connectivity index (χ2v) is 4.86. The normalized spacial score (nSPS) is 11.4. The van der Waals surface area contributed by atoms with E-state index < -0.39 is 11.7 Å². The summed E-state index contributed by atoms with van der Waals surface area (Å²) in [5.74, 6) is -0.390. The highest BCUT2D eigenvalue weighted by atomic mass is 19.4. The van der Waals surface area contributed by atoms with Crippen LogP contribution in [-0.2, 0) is 12.6 Å². The fraction of sp³-hybridized carbons (Fsp3) is 0.235. The molecule has 0 heterocycles. The molecule has 0 amide bonds. The van der Waals surface area contributed by atoms with Crippen molar-refractivity contribution in [2.75, 3.05) is 0 Å². The van der Waals surface area contributed by atoms with Gasteiger partial charge in [0.1, 0.15) is 0 Å². The summed E-state index contributed by atoms with van der Waals surface area (Å²) in [6, 6.07) is 11.6. The van der Waals surface area contributed by atoms with Crippen molar-refractivity contribution in [1.29, 1.82) is 0 Å². The number of rotatable bonds is 4. The Hall–Kier alpha value is -2.10. The molecule has 21 heavy (non-hydrogen) atoms. The highest BCUT2D eigenvalue weighted by Gasteiger charge is 2.30. The summed E-state index contributed by atoms with van der Waals surface area (Å²) in [6.07, 6.45) is -2.66. The Morgan fingerprint density at radius 2 is 1.62 bits per heavy atom. The van der Waals surface area contributed by atoms with Crippen LogP contribution in [0.4, 0.5) is 13.2 Å². The van der Waals surface area contributed by atoms with Crippen molar-refractivity contribution in [2.45, 2.75) is 25.9 Å². The first-order chi connectivity index (χ1) is 9.91. The number of hydrogen-bond donors (Lipinski definition) is 0. The molecule has 110 valence electrons. The summed E-state index contributed by atoms with van der Waals surface area (Å²) in [5.41, 5.74) is 0.673. The highest BCUT2D eigenvalue weighted by molar-refractivity contribution is 6.09. The van der Waals surface area contributed by atoms with Crippen molar-refractivity contribution in [3.05, 3.63) is 70.8 Å². The molecule has 0 aliphatic heterocycles. The van der Waals surface area contributed by atoms with Crippen molar-refractivity contribution in [3.63, 3.8) is 0 Å². The molecule has 0 radical (unpaired) electrons. The Labute approximate surface area is 121 Å². The summed E-state index contributed by atoms with van der Waals surface area (Å²) >= 11 is 0. The number of ketones is 1. The first-order valence-corrected chi connectivity index (χ1v) is 6.72. The van der Waals surface area contributed by atoms with Gasteiger partial charge in [-0.15, -0.1) is 0 Å². The molecule has 0 saturated heterocycles. The van der Waals surface area contributed by atoms with E-state index in [1.807, 2.05) is 13.0 Å². The van der Waals surface area contributed by atoms with Gasteiger partial charge in [-0.3, -0.25) is 4.79 Å². The predicted molar refractivity (Wildman–Crippen MR) is 75.3 cm³/mol. The summed E-state index contributed by atoms with van der Waals surface area (Å²) < 4.78 is 38.1. The number of benzene rings is 2. The third-order valence-corrected chi connectivity index (χ3v) is 3.18. The Kier molecular flexibility index (Phi) is 4.46. The average Bonchev–Trinajstić information content (AvgIpc) is 2.46. The number of carbonyl (C=O) groups excluding carboxylic acids is 1. The third kappa shape index (κ3) is 3.72. The number of halogens is 3. The largest absolute Gasteiger partial charge is 0.416 e. The fourth-order valence-corrected chi connectivity index (χ4v) is 2.16. The number of hydrogen-bond acceptors (Lipinski definition) is 1. The smallest absolute Gasteiger partial charge is 0.289 e. The van der Waals surface area contributed by atoms with Gasteiger partial charge < -0.3 is 0 Å². The van der Waals surface area contributed by atoms with Gasteiger partial charge in [0.25, 0.3) is 0 Å². The van der Waals surface area contributed by atoms with Gasteiger partial charge in [-0.25, -0.2) is 0 Å². The second kappa shape index (κ2) is 6.12. The molecule has 0 unspecified atom stereocenters. The third-order valence-electron chi connectivity index (χ3n) is 3.18. The molecule has 0 N–H and O–H groups in total. The van der Waals surface area contributed by atoms with Crippen LogP contribution in [0.25, 0.3) is 0 Å². The zero-order valence-corrected chi connectivity index (χ0v) is 11.6. The van der Waals surface area contributed by atoms with Gasteiger partial charge in [0.05, 0.1) is 5.56 Å². The molecule has 0 aliphatic carbocycles. The fourth-order valence-electron chi connectivity index (χ4n) is 2.16. The lowest BCUT2D eigenvalue weighted by Crippen LogP contribution is -2.08. The van der Waals surface area contributed by atoms with E-state index in [0.29, 0.717) is 5.56 Å². The van der Waals surface area contributed by atoms with Crippen LogP contribution >= 0.6 is 0 Å². The van der Waals surface area contributed by atoms with E-state index in [9.17, 15) is 18.0 Å².